The van der Waals surface area contributed by atoms with Gasteiger partial charge in [-0.25, -0.2) is 37.8 Å². The third-order valence-corrected chi connectivity index (χ3v) is 26.3. The lowest BCUT2D eigenvalue weighted by molar-refractivity contribution is -0.282. The molecule has 0 radical (unpaired) electrons. The smallest absolute Gasteiger partial charge is 0.396 e. The number of anilines is 1. The summed E-state index contributed by atoms with van der Waals surface area (Å²) < 4.78 is 205. The lowest BCUT2D eigenvalue weighted by Crippen LogP contribution is -2.64. The molecule has 1 amide bonds. The first-order chi connectivity index (χ1) is 59.1. The molecule has 4 aliphatic rings. The molecule has 730 valence electrons. The Morgan fingerprint density at radius 2 is 0.896 bits per heavy atom. The molecule has 2 aromatic heterocycles. The highest BCUT2D eigenvalue weighted by Gasteiger charge is 2.49. The highest BCUT2D eigenvalue weighted by molar-refractivity contribution is 7.53. The molecule has 2 aromatic rings. The van der Waals surface area contributed by atoms with E-state index in [2.05, 4.69) is 20.3 Å². The second kappa shape index (κ2) is 55.5. The molecule has 0 spiro atoms. The lowest BCUT2D eigenvalue weighted by Gasteiger charge is -2.42. The summed E-state index contributed by atoms with van der Waals surface area (Å²) in [7, 11) is -29.5. The standard InChI is InChI=1S/C67H126N6O46P6/c1-43(2)120(85,86)108-31-52-48(24-53(115-52)73-37-71-55-62(68)69-36-70-63(55)73)119-125(95,96)114-39-98-30-47(25-74)29-97-38-110-124(93,94)109-35-67(32-99-40-111-121(87,88)105-21-15-9-6-12-18-102-64-44(3)56(79)58(81)49(26-75)116-64,33-100-41-112-122(89,90)106-22-16-10-7-13-19-103-65-45(4)57(80)59(82)50(27-76)117-65)34-101-42-113-123(91,92)107-23-17-11-8-14-20-104-66-54(72-46(5)78)61(84)60(83)51(28-77)118-66/h36-37,43-45,47-54,56-61,64-66,74-77,79-84H,6-35,38-42H2,1-5H3,(H,72,78)(H,85,86)(H,87,88)(H,89,90)(H,91,92)(H,93,94)(H,95,96)(H2,68,69,70)/t44?,45?,47?,48-,49?,50?,51?,52+,53+,54?,56+,57+,58-,59-,60-,61+,64+,65+,66+,67?/m0/s1. The number of nitrogens with two attached hydrogens (primary N) is 1. The Hall–Kier alpha value is -2.36. The fraction of sp³-hybridized carbons (Fsp3) is 0.910. The summed E-state index contributed by atoms with van der Waals surface area (Å²) in [6.07, 6.45) is -11.1. The van der Waals surface area contributed by atoms with Gasteiger partial charge >= 0.3 is 46.7 Å². The second-order valence-corrected chi connectivity index (χ2v) is 39.8. The number of amides is 1. The molecule has 13 unspecified atom stereocenters. The molecule has 4 fully saturated rings. The summed E-state index contributed by atoms with van der Waals surface area (Å²) in [6, 6.07) is -1.17. The Morgan fingerprint density at radius 3 is 1.32 bits per heavy atom. The molecule has 4 aliphatic heterocycles. The van der Waals surface area contributed by atoms with Gasteiger partial charge in [0.15, 0.2) is 64.3 Å². The summed E-state index contributed by atoms with van der Waals surface area (Å²) in [5.74, 6) is -2.74. The third-order valence-electron chi connectivity index (χ3n) is 19.8. The van der Waals surface area contributed by atoms with Crippen molar-refractivity contribution in [1.29, 1.82) is 0 Å². The molecule has 0 bridgehead atoms. The topological polar surface area (TPSA) is 737 Å². The minimum Gasteiger partial charge on any atom is -0.396 e. The van der Waals surface area contributed by atoms with Crippen molar-refractivity contribution < 1.29 is 219 Å². The number of rotatable bonds is 67. The molecule has 0 saturated carbocycles. The number of phosphoric ester groups is 5. The molecule has 125 heavy (non-hydrogen) atoms. The maximum absolute atomic E-state index is 13.7. The Labute approximate surface area is 720 Å². The van der Waals surface area contributed by atoms with Gasteiger partial charge in [0.2, 0.25) is 5.91 Å². The Kier molecular flexibility index (Phi) is 49.4. The number of carbonyl (C=O) groups is 1. The fourth-order valence-corrected chi connectivity index (χ4v) is 16.6. The molecule has 4 saturated heterocycles. The van der Waals surface area contributed by atoms with Crippen LogP contribution in [0.1, 0.15) is 124 Å². The van der Waals surface area contributed by atoms with E-state index in [0.717, 1.165) is 0 Å². The number of aromatic nitrogens is 4. The van der Waals surface area contributed by atoms with Crippen LogP contribution in [-0.2, 0) is 139 Å². The number of nitrogens with one attached hydrogen (secondary N) is 1. The van der Waals surface area contributed by atoms with Crippen molar-refractivity contribution in [3.8, 4) is 0 Å². The molecule has 6 rings (SSSR count). The number of aliphatic hydroxyl groups is 10. The van der Waals surface area contributed by atoms with E-state index in [-0.39, 0.29) is 82.3 Å². The Bertz CT molecular complexity index is 3630. The normalized spacial score (nSPS) is 29.4. The minimum atomic E-state index is -5.37. The van der Waals surface area contributed by atoms with Crippen LogP contribution in [-0.4, -0.2) is 350 Å². The van der Waals surface area contributed by atoms with Gasteiger partial charge in [0.1, 0.15) is 79.0 Å². The van der Waals surface area contributed by atoms with Gasteiger partial charge in [-0.2, -0.15) is 0 Å². The van der Waals surface area contributed by atoms with E-state index < -0.39 is 286 Å². The quantitative estimate of drug-likeness (QED) is 0.0245. The van der Waals surface area contributed by atoms with Crippen molar-refractivity contribution in [2.45, 2.75) is 222 Å². The van der Waals surface area contributed by atoms with Gasteiger partial charge < -0.3 is 153 Å². The maximum atomic E-state index is 13.7. The van der Waals surface area contributed by atoms with E-state index in [1.54, 1.807) is 13.8 Å². The highest BCUT2D eigenvalue weighted by atomic mass is 31.2. The van der Waals surface area contributed by atoms with E-state index in [4.69, 9.17) is 112 Å². The van der Waals surface area contributed by atoms with E-state index in [1.165, 1.54) is 38.0 Å². The summed E-state index contributed by atoms with van der Waals surface area (Å²) >= 11 is 0. The Balaban J connectivity index is 1.06. The van der Waals surface area contributed by atoms with Gasteiger partial charge in [-0.3, -0.25) is 59.2 Å². The highest BCUT2D eigenvalue weighted by Crippen LogP contribution is 2.53. The maximum Gasteiger partial charge on any atom is 0.474 e. The van der Waals surface area contributed by atoms with Crippen LogP contribution in [0.5, 0.6) is 0 Å². The van der Waals surface area contributed by atoms with Gasteiger partial charge in [0.05, 0.1) is 122 Å². The van der Waals surface area contributed by atoms with Crippen LogP contribution < -0.4 is 11.1 Å². The van der Waals surface area contributed by atoms with Crippen LogP contribution >= 0.6 is 46.7 Å². The molecule has 25 atom stereocenters. The van der Waals surface area contributed by atoms with Crippen molar-refractivity contribution in [2.75, 3.05) is 152 Å². The van der Waals surface area contributed by atoms with Gasteiger partial charge in [-0.05, 0) is 38.5 Å². The number of carbonyl (C=O) groups excluding carboxylic acids is 1. The average Bonchev–Trinajstić information content (AvgIpc) is 1.44. The predicted octanol–water partition coefficient (Wildman–Crippen LogP) is 0.633. The zero-order valence-corrected chi connectivity index (χ0v) is 75.3. The van der Waals surface area contributed by atoms with Crippen LogP contribution in [0.3, 0.4) is 0 Å². The SMILES string of the molecule is CC(=O)NC1[C@H](OCCCCCCOP(=O)(O)OCOCC(COCOP(=O)(O)OCCCCCCO[C@@H]2OC(CO)[C@H](O)[C@H](O)C2C)(COCOP(=O)(O)OCCCCCCO[C@@H]2OC(CO)[C@H](O)[C@H](O)C2C)COP(=O)(O)OCOCC(CO)COCOP(=O)(O)O[C@H]2C[C@H](n3cnc4c(N)ncnc43)O[C@@H]2COP(=O)(O)C(C)C)OC(CO)[C@H](O)[C@@H]1O. The van der Waals surface area contributed by atoms with Crippen molar-refractivity contribution in [1.82, 2.24) is 24.8 Å². The van der Waals surface area contributed by atoms with Crippen LogP contribution in [0.15, 0.2) is 12.7 Å². The first-order valence-corrected chi connectivity index (χ1v) is 49.4. The number of phosphoric acid groups is 5. The monoisotopic (exact) mass is 1940 g/mol. The Morgan fingerprint density at radius 1 is 0.496 bits per heavy atom. The summed E-state index contributed by atoms with van der Waals surface area (Å²) in [6.45, 7) is -6.37. The largest absolute Gasteiger partial charge is 0.474 e. The van der Waals surface area contributed by atoms with Gasteiger partial charge in [-0.1, -0.05) is 66.2 Å². The summed E-state index contributed by atoms with van der Waals surface area (Å²) in [4.78, 5) is 88.3. The van der Waals surface area contributed by atoms with Crippen LogP contribution in [0.2, 0.25) is 0 Å². The first-order valence-electron chi connectivity index (χ1n) is 40.3. The number of imidazole rings is 1. The number of nitrogen functional groups attached to an aromatic ring is 1. The number of hydrogen-bond donors (Lipinski definition) is 18. The van der Waals surface area contributed by atoms with Crippen molar-refractivity contribution in [3.05, 3.63) is 12.7 Å². The molecule has 58 heteroatoms. The van der Waals surface area contributed by atoms with Crippen molar-refractivity contribution in [2.24, 2.45) is 23.2 Å². The zero-order chi connectivity index (χ0) is 92.2. The zero-order valence-electron chi connectivity index (χ0n) is 69.9. The van der Waals surface area contributed by atoms with E-state index >= 15 is 0 Å². The van der Waals surface area contributed by atoms with Gasteiger partial charge in [0.25, 0.3) is 0 Å². The van der Waals surface area contributed by atoms with E-state index in [9.17, 15) is 113 Å². The molecule has 19 N–H and O–H groups in total. The summed E-state index contributed by atoms with van der Waals surface area (Å²) in [5.41, 5.74) is 3.49. The number of nitrogens with zero attached hydrogens (tertiary/aromatic N) is 4. The predicted molar refractivity (Wildman–Crippen MR) is 422 cm³/mol. The number of hydrogen-bond acceptors (Lipinski definition) is 44. The average molecular weight is 1940 g/mol. The molecule has 6 heterocycles. The number of unbranched alkanes of at least 4 members (excludes halogenated alkanes) is 9. The minimum absolute atomic E-state index is 0.0156. The van der Waals surface area contributed by atoms with Gasteiger partial charge in [0, 0.05) is 50.9 Å². The van der Waals surface area contributed by atoms with Crippen molar-refractivity contribution >= 4 is 69.6 Å². The number of aliphatic hydroxyl groups excluding tert-OH is 10. The van der Waals surface area contributed by atoms with Crippen LogP contribution in [0.4, 0.5) is 5.82 Å². The first kappa shape index (κ1) is 111. The van der Waals surface area contributed by atoms with E-state index in [0.29, 0.717) is 57.8 Å². The lowest BCUT2D eigenvalue weighted by atomic mass is 9.92. The molecule has 0 aromatic carbocycles. The molecule has 0 aliphatic carbocycles. The molecule has 52 nitrogen and oxygen atoms in total. The van der Waals surface area contributed by atoms with Crippen LogP contribution in [0, 0.1) is 23.2 Å². The summed E-state index contributed by atoms with van der Waals surface area (Å²) in [5, 5.41) is 103. The van der Waals surface area contributed by atoms with Crippen LogP contribution in [0.25, 0.3) is 11.2 Å². The molecular formula is C67H126N6O46P6. The molecular weight excluding hydrogens is 1810 g/mol. The van der Waals surface area contributed by atoms with Gasteiger partial charge in [-0.15, -0.1) is 0 Å². The number of fused-ring (bicyclic) bond motifs is 1. The fourth-order valence-electron chi connectivity index (χ4n) is 12.5. The second-order valence-electron chi connectivity index (χ2n) is 30.2. The van der Waals surface area contributed by atoms with Crippen molar-refractivity contribution in [3.63, 3.8) is 0 Å². The van der Waals surface area contributed by atoms with E-state index in [1.807, 2.05) is 0 Å². The third kappa shape index (κ3) is 38.9. The number of ether oxygens (including phenoxy) is 12.